The molecule has 31 heavy (non-hydrogen) atoms. The fourth-order valence-electron chi connectivity index (χ4n) is 5.20. The highest BCUT2D eigenvalue weighted by atomic mass is 19.2. The minimum atomic E-state index is -1.11. The van der Waals surface area contributed by atoms with Gasteiger partial charge in [-0.15, -0.1) is 0 Å². The van der Waals surface area contributed by atoms with E-state index in [1.54, 1.807) is 19.1 Å². The summed E-state index contributed by atoms with van der Waals surface area (Å²) in [7, 11) is 0. The molecule has 1 saturated carbocycles. The van der Waals surface area contributed by atoms with Crippen molar-refractivity contribution in [1.29, 1.82) is 0 Å². The molecule has 1 unspecified atom stereocenters. The first-order chi connectivity index (χ1) is 15.0. The van der Waals surface area contributed by atoms with Crippen LogP contribution in [0.5, 0.6) is 5.75 Å². The Kier molecular flexibility index (Phi) is 6.90. The predicted octanol–water partition coefficient (Wildman–Crippen LogP) is 7.45. The molecule has 1 heterocycles. The van der Waals surface area contributed by atoms with Gasteiger partial charge in [-0.25, -0.2) is 13.2 Å². The average Bonchev–Trinajstić information content (AvgIpc) is 2.79. The Morgan fingerprint density at radius 1 is 1.00 bits per heavy atom. The van der Waals surface area contributed by atoms with Gasteiger partial charge in [0.05, 0.1) is 24.7 Å². The van der Waals surface area contributed by atoms with E-state index in [0.29, 0.717) is 16.9 Å². The van der Waals surface area contributed by atoms with Crippen molar-refractivity contribution < 1.29 is 22.6 Å². The molecule has 2 aliphatic rings. The maximum absolute atomic E-state index is 15.0. The van der Waals surface area contributed by atoms with E-state index < -0.39 is 17.5 Å². The molecule has 0 spiro atoms. The third-order valence-corrected chi connectivity index (χ3v) is 6.85. The third-order valence-electron chi connectivity index (χ3n) is 6.85. The van der Waals surface area contributed by atoms with Crippen molar-refractivity contribution in [3.8, 4) is 5.75 Å². The number of rotatable bonds is 6. The number of fused-ring (bicyclic) bond motifs is 1. The lowest BCUT2D eigenvalue weighted by Gasteiger charge is -2.35. The van der Waals surface area contributed by atoms with Gasteiger partial charge < -0.3 is 9.47 Å². The van der Waals surface area contributed by atoms with Gasteiger partial charge in [0, 0.05) is 0 Å². The number of hydrogen-bond donors (Lipinski definition) is 0. The summed E-state index contributed by atoms with van der Waals surface area (Å²) in [5.74, 6) is -2.53. The van der Waals surface area contributed by atoms with Crippen LogP contribution in [0, 0.1) is 23.4 Å². The summed E-state index contributed by atoms with van der Waals surface area (Å²) < 4.78 is 55.8. The standard InChI is InChI=1S/C26H31F3O2/c1-3-5-16-6-12-21(31-15-16)18-9-7-17(8-10-18)20-14-19-11-13-22(30-4-2)25(28)23(19)26(29)24(20)27/h6,11,13-14,17-18,21H,3-5,7-10,12,15H2,1-2H3. The third kappa shape index (κ3) is 4.48. The molecule has 0 bridgehead atoms. The summed E-state index contributed by atoms with van der Waals surface area (Å²) in [5, 5.41) is 0.0485. The highest BCUT2D eigenvalue weighted by molar-refractivity contribution is 5.86. The van der Waals surface area contributed by atoms with E-state index in [0.717, 1.165) is 51.6 Å². The second kappa shape index (κ2) is 9.64. The summed E-state index contributed by atoms with van der Waals surface area (Å²) in [5.41, 5.74) is 1.75. The number of hydrogen-bond acceptors (Lipinski definition) is 2. The largest absolute Gasteiger partial charge is 0.491 e. The van der Waals surface area contributed by atoms with Gasteiger partial charge in [-0.3, -0.25) is 0 Å². The molecule has 0 amide bonds. The molecular weight excluding hydrogens is 401 g/mol. The van der Waals surface area contributed by atoms with Crippen molar-refractivity contribution >= 4 is 10.8 Å². The molecular formula is C26H31F3O2. The lowest BCUT2D eigenvalue weighted by atomic mass is 9.75. The normalized spacial score (nSPS) is 24.3. The van der Waals surface area contributed by atoms with Crippen LogP contribution in [0.3, 0.4) is 0 Å². The van der Waals surface area contributed by atoms with Crippen molar-refractivity contribution in [2.24, 2.45) is 5.92 Å². The first kappa shape index (κ1) is 22.2. The molecule has 4 rings (SSSR count). The first-order valence-corrected chi connectivity index (χ1v) is 11.6. The van der Waals surface area contributed by atoms with E-state index in [4.69, 9.17) is 9.47 Å². The van der Waals surface area contributed by atoms with Crippen molar-refractivity contribution in [3.05, 3.63) is 52.9 Å². The monoisotopic (exact) mass is 432 g/mol. The number of ether oxygens (including phenoxy) is 2. The van der Waals surface area contributed by atoms with E-state index in [1.807, 2.05) is 0 Å². The SMILES string of the molecule is CCCC1=CCC(C2CCC(c3cc4ccc(OCC)c(F)c4c(F)c3F)CC2)OC1. The van der Waals surface area contributed by atoms with Crippen LogP contribution in [0.4, 0.5) is 13.2 Å². The van der Waals surface area contributed by atoms with Gasteiger partial charge in [-0.1, -0.05) is 25.5 Å². The minimum absolute atomic E-state index is 0.0508. The van der Waals surface area contributed by atoms with Gasteiger partial charge in [0.15, 0.2) is 23.2 Å². The fourth-order valence-corrected chi connectivity index (χ4v) is 5.20. The Balaban J connectivity index is 1.49. The summed E-state index contributed by atoms with van der Waals surface area (Å²) in [4.78, 5) is 0. The van der Waals surface area contributed by atoms with E-state index in [2.05, 4.69) is 13.0 Å². The Morgan fingerprint density at radius 2 is 1.77 bits per heavy atom. The molecule has 1 fully saturated rings. The van der Waals surface area contributed by atoms with Crippen LogP contribution in [-0.2, 0) is 4.74 Å². The van der Waals surface area contributed by atoms with Crippen LogP contribution in [0.1, 0.15) is 70.3 Å². The van der Waals surface area contributed by atoms with Gasteiger partial charge in [0.1, 0.15) is 0 Å². The van der Waals surface area contributed by atoms with Crippen LogP contribution >= 0.6 is 0 Å². The minimum Gasteiger partial charge on any atom is -0.491 e. The molecule has 2 aromatic rings. The molecule has 1 atom stereocenters. The predicted molar refractivity (Wildman–Crippen MR) is 117 cm³/mol. The maximum Gasteiger partial charge on any atom is 0.175 e. The van der Waals surface area contributed by atoms with Crippen LogP contribution in [0.15, 0.2) is 29.8 Å². The number of benzene rings is 2. The number of halogens is 3. The molecule has 0 N–H and O–H groups in total. The van der Waals surface area contributed by atoms with E-state index in [1.165, 1.54) is 11.6 Å². The Labute approximate surface area is 182 Å². The van der Waals surface area contributed by atoms with Gasteiger partial charge in [0.2, 0.25) is 0 Å². The average molecular weight is 433 g/mol. The highest BCUT2D eigenvalue weighted by Gasteiger charge is 2.32. The Hall–Kier alpha value is -2.01. The molecule has 0 radical (unpaired) electrons. The summed E-state index contributed by atoms with van der Waals surface area (Å²) in [6.45, 7) is 4.88. The molecule has 1 aliphatic heterocycles. The zero-order valence-corrected chi connectivity index (χ0v) is 18.4. The summed E-state index contributed by atoms with van der Waals surface area (Å²) in [6.07, 6.45) is 9.18. The highest BCUT2D eigenvalue weighted by Crippen LogP contribution is 2.42. The van der Waals surface area contributed by atoms with E-state index in [-0.39, 0.29) is 29.8 Å². The van der Waals surface area contributed by atoms with Crippen LogP contribution < -0.4 is 4.74 Å². The van der Waals surface area contributed by atoms with Crippen molar-refractivity contribution in [1.82, 2.24) is 0 Å². The molecule has 168 valence electrons. The molecule has 2 aromatic carbocycles. The quantitative estimate of drug-likeness (QED) is 0.442. The second-order valence-electron chi connectivity index (χ2n) is 8.81. The second-order valence-corrected chi connectivity index (χ2v) is 8.81. The molecule has 2 nitrogen and oxygen atoms in total. The zero-order valence-electron chi connectivity index (χ0n) is 18.4. The summed E-state index contributed by atoms with van der Waals surface area (Å²) in [6, 6.07) is 4.71. The summed E-state index contributed by atoms with van der Waals surface area (Å²) >= 11 is 0. The zero-order chi connectivity index (χ0) is 22.0. The van der Waals surface area contributed by atoms with Gasteiger partial charge in [0.25, 0.3) is 0 Å². The topological polar surface area (TPSA) is 18.5 Å². The first-order valence-electron chi connectivity index (χ1n) is 11.6. The van der Waals surface area contributed by atoms with Gasteiger partial charge in [-0.05, 0) is 85.9 Å². The van der Waals surface area contributed by atoms with Gasteiger partial charge >= 0.3 is 0 Å². The molecule has 0 aromatic heterocycles. The van der Waals surface area contributed by atoms with E-state index >= 15 is 0 Å². The molecule has 0 saturated heterocycles. The van der Waals surface area contributed by atoms with Crippen LogP contribution in [-0.4, -0.2) is 19.3 Å². The maximum atomic E-state index is 15.0. The smallest absolute Gasteiger partial charge is 0.175 e. The van der Waals surface area contributed by atoms with Gasteiger partial charge in [-0.2, -0.15) is 0 Å². The lowest BCUT2D eigenvalue weighted by Crippen LogP contribution is -2.30. The fraction of sp³-hybridized carbons (Fsp3) is 0.538. The lowest BCUT2D eigenvalue weighted by molar-refractivity contribution is 0.00350. The Bertz CT molecular complexity index is 961. The van der Waals surface area contributed by atoms with Crippen molar-refractivity contribution in [2.45, 2.75) is 70.8 Å². The van der Waals surface area contributed by atoms with E-state index in [9.17, 15) is 13.2 Å². The molecule has 1 aliphatic carbocycles. The van der Waals surface area contributed by atoms with Crippen molar-refractivity contribution in [3.63, 3.8) is 0 Å². The Morgan fingerprint density at radius 3 is 2.42 bits per heavy atom. The molecule has 5 heteroatoms. The van der Waals surface area contributed by atoms with Crippen molar-refractivity contribution in [2.75, 3.05) is 13.2 Å². The van der Waals surface area contributed by atoms with Crippen LogP contribution in [0.2, 0.25) is 0 Å². The van der Waals surface area contributed by atoms with Crippen LogP contribution in [0.25, 0.3) is 10.8 Å².